The Balaban J connectivity index is 2.40. The van der Waals surface area contributed by atoms with Gasteiger partial charge in [0.25, 0.3) is 0 Å². The number of benzene rings is 2. The molecule has 0 spiro atoms. The fourth-order valence-corrected chi connectivity index (χ4v) is 1.71. The van der Waals surface area contributed by atoms with Crippen LogP contribution in [0.25, 0.3) is 22.1 Å². The number of nitrogens with zero attached hydrogens (tertiary/aromatic N) is 3. The Morgan fingerprint density at radius 2 is 1.79 bits per heavy atom. The fraction of sp³-hybridized carbons (Fsp3) is 0.0625. The molecule has 0 unspecified atom stereocenters. The summed E-state index contributed by atoms with van der Waals surface area (Å²) in [6.45, 7) is 2.00. The average molecular weight is 247 g/mol. The van der Waals surface area contributed by atoms with Gasteiger partial charge in [0.15, 0.2) is 0 Å². The first kappa shape index (κ1) is 12.7. The molecule has 0 heterocycles. The minimum Gasteiger partial charge on any atom is -0.116 e. The van der Waals surface area contributed by atoms with Crippen molar-refractivity contribution in [1.29, 1.82) is 0 Å². The topological polar surface area (TPSA) is 48.8 Å². The third-order valence-electron chi connectivity index (χ3n) is 2.74. The molecule has 92 valence electrons. The van der Waals surface area contributed by atoms with Gasteiger partial charge in [0.2, 0.25) is 0 Å². The van der Waals surface area contributed by atoms with Crippen molar-refractivity contribution < 1.29 is 0 Å². The van der Waals surface area contributed by atoms with Crippen LogP contribution in [0.4, 0.5) is 5.69 Å². The second-order valence-electron chi connectivity index (χ2n) is 4.03. The van der Waals surface area contributed by atoms with Gasteiger partial charge in [-0.15, -0.1) is 5.73 Å². The smallest absolute Gasteiger partial charge is 0.0453 e. The van der Waals surface area contributed by atoms with Crippen molar-refractivity contribution in [3.8, 4) is 0 Å². The van der Waals surface area contributed by atoms with E-state index in [-0.39, 0.29) is 0 Å². The van der Waals surface area contributed by atoms with Crippen molar-refractivity contribution in [1.82, 2.24) is 0 Å². The van der Waals surface area contributed by atoms with Crippen LogP contribution in [0.2, 0.25) is 0 Å². The molecule has 3 nitrogen and oxygen atoms in total. The van der Waals surface area contributed by atoms with E-state index in [1.807, 2.05) is 61.5 Å². The number of rotatable bonds is 3. The minimum atomic E-state index is 0.610. The summed E-state index contributed by atoms with van der Waals surface area (Å²) in [7, 11) is 0. The first-order valence-corrected chi connectivity index (χ1v) is 5.94. The highest BCUT2D eigenvalue weighted by molar-refractivity contribution is 5.70. The van der Waals surface area contributed by atoms with Gasteiger partial charge >= 0.3 is 0 Å². The molecule has 3 heteroatoms. The van der Waals surface area contributed by atoms with Crippen molar-refractivity contribution >= 4 is 17.3 Å². The molecule has 0 fully saturated rings. The molecule has 0 radical (unpaired) electrons. The van der Waals surface area contributed by atoms with Gasteiger partial charge in [-0.1, -0.05) is 59.7 Å². The first-order valence-electron chi connectivity index (χ1n) is 5.94. The van der Waals surface area contributed by atoms with E-state index in [9.17, 15) is 0 Å². The van der Waals surface area contributed by atoms with Gasteiger partial charge in [-0.2, -0.15) is 0 Å². The van der Waals surface area contributed by atoms with Crippen LogP contribution >= 0.6 is 0 Å². The van der Waals surface area contributed by atoms with Crippen LogP contribution in [0.15, 0.2) is 65.4 Å². The summed E-state index contributed by atoms with van der Waals surface area (Å²) in [5, 5.41) is 3.66. The number of hydrogen-bond donors (Lipinski definition) is 0. The van der Waals surface area contributed by atoms with Gasteiger partial charge in [-0.25, -0.2) is 0 Å². The van der Waals surface area contributed by atoms with Crippen LogP contribution in [-0.4, -0.2) is 0 Å². The molecule has 0 aliphatic heterocycles. The lowest BCUT2D eigenvalue weighted by atomic mass is 10.1. The van der Waals surface area contributed by atoms with Gasteiger partial charge in [0.1, 0.15) is 0 Å². The summed E-state index contributed by atoms with van der Waals surface area (Å²) in [5.74, 6) is 0. The molecular weight excluding hydrogens is 234 g/mol. The Morgan fingerprint density at radius 1 is 1.11 bits per heavy atom. The highest BCUT2D eigenvalue weighted by Gasteiger charge is 1.95. The Hall–Kier alpha value is -2.73. The zero-order valence-electron chi connectivity index (χ0n) is 10.6. The maximum Gasteiger partial charge on any atom is 0.0453 e. The van der Waals surface area contributed by atoms with Crippen molar-refractivity contribution in [2.75, 3.05) is 0 Å². The van der Waals surface area contributed by atoms with Gasteiger partial charge in [-0.05, 0) is 35.2 Å². The predicted molar refractivity (Wildman–Crippen MR) is 78.7 cm³/mol. The van der Waals surface area contributed by atoms with Crippen molar-refractivity contribution in [3.05, 3.63) is 81.9 Å². The molecule has 0 N–H and O–H groups in total. The predicted octanol–water partition coefficient (Wildman–Crippen LogP) is 5.34. The highest BCUT2D eigenvalue weighted by atomic mass is 15.1. The van der Waals surface area contributed by atoms with Crippen LogP contribution in [0.3, 0.4) is 0 Å². The Morgan fingerprint density at radius 3 is 2.53 bits per heavy atom. The standard InChI is InChI=1S/C16H13N3/c1-13(14-7-3-2-4-8-14)11-12-15-9-5-6-10-16(15)18-19-17/h2-10,12H,1H3. The average Bonchev–Trinajstić information content (AvgIpc) is 2.47. The van der Waals surface area contributed by atoms with E-state index in [0.717, 1.165) is 16.7 Å². The van der Waals surface area contributed by atoms with Gasteiger partial charge in [0, 0.05) is 10.6 Å². The van der Waals surface area contributed by atoms with Crippen molar-refractivity contribution in [3.63, 3.8) is 0 Å². The van der Waals surface area contributed by atoms with Crippen LogP contribution in [-0.2, 0) is 0 Å². The van der Waals surface area contributed by atoms with E-state index >= 15 is 0 Å². The quantitative estimate of drug-likeness (QED) is 0.304. The van der Waals surface area contributed by atoms with Crippen LogP contribution < -0.4 is 0 Å². The lowest BCUT2D eigenvalue weighted by Crippen LogP contribution is -1.76. The third-order valence-corrected chi connectivity index (χ3v) is 2.74. The fourth-order valence-electron chi connectivity index (χ4n) is 1.71. The largest absolute Gasteiger partial charge is 0.116 e. The summed E-state index contributed by atoms with van der Waals surface area (Å²) < 4.78 is 0. The lowest BCUT2D eigenvalue weighted by Gasteiger charge is -1.98. The SMILES string of the molecule is CC(=C=Cc1ccccc1N=[N+]=[N-])c1ccccc1. The summed E-state index contributed by atoms with van der Waals surface area (Å²) in [6.07, 6.45) is 1.84. The molecule has 0 atom stereocenters. The molecule has 0 aromatic heterocycles. The zero-order chi connectivity index (χ0) is 13.5. The van der Waals surface area contributed by atoms with Crippen LogP contribution in [0, 0.1) is 0 Å². The Labute approximate surface area is 112 Å². The van der Waals surface area contributed by atoms with E-state index in [1.54, 1.807) is 6.07 Å². The zero-order valence-corrected chi connectivity index (χ0v) is 10.6. The van der Waals surface area contributed by atoms with Gasteiger partial charge in [0.05, 0.1) is 0 Å². The maximum atomic E-state index is 8.52. The number of allylic oxidation sites excluding steroid dienone is 1. The van der Waals surface area contributed by atoms with Crippen molar-refractivity contribution in [2.45, 2.75) is 6.92 Å². The molecule has 2 aromatic carbocycles. The number of hydrogen-bond acceptors (Lipinski definition) is 1. The van der Waals surface area contributed by atoms with Crippen LogP contribution in [0.1, 0.15) is 18.1 Å². The summed E-state index contributed by atoms with van der Waals surface area (Å²) in [5.41, 5.74) is 15.4. The van der Waals surface area contributed by atoms with E-state index in [1.165, 1.54) is 0 Å². The first-order chi connectivity index (χ1) is 9.31. The summed E-state index contributed by atoms with van der Waals surface area (Å²) in [6, 6.07) is 17.5. The van der Waals surface area contributed by atoms with Gasteiger partial charge in [-0.3, -0.25) is 0 Å². The number of azide groups is 1. The molecule has 0 saturated heterocycles. The molecular formula is C16H13N3. The minimum absolute atomic E-state index is 0.610. The molecule has 2 rings (SSSR count). The maximum absolute atomic E-state index is 8.52. The van der Waals surface area contributed by atoms with Crippen LogP contribution in [0.5, 0.6) is 0 Å². The molecule has 0 aliphatic carbocycles. The normalized spacial score (nSPS) is 9.11. The summed E-state index contributed by atoms with van der Waals surface area (Å²) >= 11 is 0. The monoisotopic (exact) mass is 247 g/mol. The Kier molecular flexibility index (Phi) is 4.20. The molecule has 0 aliphatic rings. The van der Waals surface area contributed by atoms with E-state index in [2.05, 4.69) is 15.8 Å². The molecule has 0 bridgehead atoms. The molecule has 2 aromatic rings. The lowest BCUT2D eigenvalue weighted by molar-refractivity contribution is 1.46. The summed E-state index contributed by atoms with van der Waals surface area (Å²) in [4.78, 5) is 2.82. The highest BCUT2D eigenvalue weighted by Crippen LogP contribution is 2.20. The third kappa shape index (κ3) is 3.36. The van der Waals surface area contributed by atoms with Gasteiger partial charge < -0.3 is 0 Å². The van der Waals surface area contributed by atoms with E-state index in [0.29, 0.717) is 5.69 Å². The Bertz CT molecular complexity index is 674. The van der Waals surface area contributed by atoms with E-state index in [4.69, 9.17) is 5.53 Å². The second-order valence-corrected chi connectivity index (χ2v) is 4.03. The second kappa shape index (κ2) is 6.27. The molecule has 0 saturated carbocycles. The van der Waals surface area contributed by atoms with Crippen molar-refractivity contribution in [2.24, 2.45) is 5.11 Å². The molecule has 19 heavy (non-hydrogen) atoms. The van der Waals surface area contributed by atoms with E-state index < -0.39 is 0 Å². The molecule has 0 amide bonds.